The smallest absolute Gasteiger partial charge is 0.307 e. The van der Waals surface area contributed by atoms with Crippen LogP contribution in [0.4, 0.5) is 0 Å². The van der Waals surface area contributed by atoms with Crippen molar-refractivity contribution in [3.63, 3.8) is 0 Å². The molecule has 1 N–H and O–H groups in total. The van der Waals surface area contributed by atoms with Gasteiger partial charge < -0.3 is 5.11 Å². The first kappa shape index (κ1) is 21.9. The summed E-state index contributed by atoms with van der Waals surface area (Å²) in [5.74, 6) is -0.431. The number of likely N-dealkylation sites (tertiary alicyclic amines) is 1. The van der Waals surface area contributed by atoms with E-state index in [0.29, 0.717) is 12.5 Å². The van der Waals surface area contributed by atoms with E-state index >= 15 is 0 Å². The number of aliphatic carboxylic acids is 1. The summed E-state index contributed by atoms with van der Waals surface area (Å²) in [6.45, 7) is 10.9. The molecule has 0 unspecified atom stereocenters. The van der Waals surface area contributed by atoms with E-state index in [-0.39, 0.29) is 5.92 Å². The van der Waals surface area contributed by atoms with E-state index in [1.165, 1.54) is 22.3 Å². The highest BCUT2D eigenvalue weighted by Crippen LogP contribution is 2.31. The third-order valence-electron chi connectivity index (χ3n) is 6.33. The van der Waals surface area contributed by atoms with Gasteiger partial charge in [0.05, 0.1) is 5.92 Å². The molecule has 4 heteroatoms. The zero-order valence-corrected chi connectivity index (χ0v) is 18.7. The van der Waals surface area contributed by atoms with E-state index in [4.69, 9.17) is 11.6 Å². The fraction of sp³-hybridized carbons (Fsp3) is 0.480. The van der Waals surface area contributed by atoms with E-state index in [9.17, 15) is 9.90 Å². The number of nitrogens with zero attached hydrogens (tertiary/aromatic N) is 1. The summed E-state index contributed by atoms with van der Waals surface area (Å²) in [5, 5.41) is 10.1. The minimum atomic E-state index is -0.669. The number of hydrogen-bond donors (Lipinski definition) is 1. The summed E-state index contributed by atoms with van der Waals surface area (Å²) in [5.41, 5.74) is 7.58. The van der Waals surface area contributed by atoms with E-state index in [1.807, 2.05) is 0 Å². The minimum absolute atomic E-state index is 0.223. The van der Waals surface area contributed by atoms with Crippen LogP contribution in [-0.2, 0) is 17.8 Å². The van der Waals surface area contributed by atoms with Gasteiger partial charge >= 0.3 is 5.97 Å². The average molecular weight is 414 g/mol. The van der Waals surface area contributed by atoms with Gasteiger partial charge in [-0.3, -0.25) is 9.69 Å². The first-order valence-corrected chi connectivity index (χ1v) is 11.0. The number of aryl methyl sites for hydroxylation is 3. The Morgan fingerprint density at radius 1 is 1.17 bits per heavy atom. The number of hydrogen-bond acceptors (Lipinski definition) is 2. The average Bonchev–Trinajstić information content (AvgIpc) is 3.15. The van der Waals surface area contributed by atoms with Gasteiger partial charge in [-0.05, 0) is 85.9 Å². The lowest BCUT2D eigenvalue weighted by molar-refractivity contribution is -0.141. The van der Waals surface area contributed by atoms with Crippen molar-refractivity contribution in [3.05, 3.63) is 68.7 Å². The van der Waals surface area contributed by atoms with Crippen molar-refractivity contribution in [1.82, 2.24) is 4.90 Å². The van der Waals surface area contributed by atoms with Gasteiger partial charge in [-0.1, -0.05) is 48.9 Å². The molecule has 0 radical (unpaired) electrons. The first-order valence-electron chi connectivity index (χ1n) is 10.6. The van der Waals surface area contributed by atoms with Gasteiger partial charge in [0.1, 0.15) is 0 Å². The third-order valence-corrected chi connectivity index (χ3v) is 6.93. The fourth-order valence-electron chi connectivity index (χ4n) is 4.44. The quantitative estimate of drug-likeness (QED) is 0.613. The van der Waals surface area contributed by atoms with Gasteiger partial charge in [0, 0.05) is 18.1 Å². The van der Waals surface area contributed by atoms with E-state index in [1.54, 1.807) is 0 Å². The van der Waals surface area contributed by atoms with Crippen molar-refractivity contribution in [2.24, 2.45) is 5.92 Å². The zero-order valence-electron chi connectivity index (χ0n) is 18.0. The Bertz CT molecular complexity index is 869. The lowest BCUT2D eigenvalue weighted by atomic mass is 9.87. The predicted molar refractivity (Wildman–Crippen MR) is 120 cm³/mol. The number of carboxylic acids is 1. The van der Waals surface area contributed by atoms with Crippen molar-refractivity contribution in [3.8, 4) is 0 Å². The Balaban J connectivity index is 1.75. The number of halogens is 1. The van der Waals surface area contributed by atoms with Crippen molar-refractivity contribution >= 4 is 17.6 Å². The molecular weight excluding hydrogens is 382 g/mol. The highest BCUT2D eigenvalue weighted by atomic mass is 35.5. The molecule has 3 nitrogen and oxygen atoms in total. The monoisotopic (exact) mass is 413 g/mol. The van der Waals surface area contributed by atoms with E-state index in [0.717, 1.165) is 48.5 Å². The summed E-state index contributed by atoms with van der Waals surface area (Å²) in [4.78, 5) is 13.5. The molecule has 2 atom stereocenters. The van der Waals surface area contributed by atoms with Gasteiger partial charge in [0.25, 0.3) is 0 Å². The Hall–Kier alpha value is -1.84. The SMILES string of the molecule is CC[C@@H](Cc1ccc(C)c(CN2CC[C@@H](C(=O)O)C2)c1)c1cc(C)c(Cl)c(C)c1. The molecule has 1 aliphatic heterocycles. The number of carbonyl (C=O) groups is 1. The van der Waals surface area contributed by atoms with Crippen LogP contribution in [0.3, 0.4) is 0 Å². The Morgan fingerprint density at radius 3 is 2.45 bits per heavy atom. The van der Waals surface area contributed by atoms with Gasteiger partial charge in [0.15, 0.2) is 0 Å². The molecule has 29 heavy (non-hydrogen) atoms. The molecule has 1 fully saturated rings. The van der Waals surface area contributed by atoms with Crippen LogP contribution in [0.25, 0.3) is 0 Å². The second-order valence-corrected chi connectivity index (χ2v) is 8.98. The minimum Gasteiger partial charge on any atom is -0.481 e. The maximum absolute atomic E-state index is 11.2. The second kappa shape index (κ2) is 9.32. The molecule has 2 aromatic rings. The summed E-state index contributed by atoms with van der Waals surface area (Å²) in [6.07, 6.45) is 2.83. The van der Waals surface area contributed by atoms with Crippen molar-refractivity contribution in [2.75, 3.05) is 13.1 Å². The Labute approximate surface area is 179 Å². The van der Waals surface area contributed by atoms with Crippen LogP contribution in [-0.4, -0.2) is 29.1 Å². The van der Waals surface area contributed by atoms with Crippen LogP contribution < -0.4 is 0 Å². The zero-order chi connectivity index (χ0) is 21.1. The van der Waals surface area contributed by atoms with Crippen LogP contribution in [0.1, 0.15) is 59.1 Å². The number of rotatable bonds is 7. The molecular formula is C25H32ClNO2. The van der Waals surface area contributed by atoms with E-state index < -0.39 is 5.97 Å². The molecule has 3 rings (SSSR count). The largest absolute Gasteiger partial charge is 0.481 e. The molecule has 0 saturated carbocycles. The fourth-order valence-corrected chi connectivity index (χ4v) is 4.55. The lowest BCUT2D eigenvalue weighted by Gasteiger charge is -2.20. The standard InChI is InChI=1S/C25H32ClNO2/c1-5-20(22-10-17(3)24(26)18(4)11-22)12-19-7-6-16(2)23(13-19)15-27-9-8-21(14-27)25(28)29/h6-7,10-11,13,20-21H,5,8-9,12,14-15H2,1-4H3,(H,28,29)/t20-,21+/m0/s1. The van der Waals surface area contributed by atoms with Crippen LogP contribution in [0.15, 0.2) is 30.3 Å². The summed E-state index contributed by atoms with van der Waals surface area (Å²) < 4.78 is 0. The molecule has 0 amide bonds. The third kappa shape index (κ3) is 5.21. The lowest BCUT2D eigenvalue weighted by Crippen LogP contribution is -2.23. The molecule has 1 heterocycles. The van der Waals surface area contributed by atoms with Crippen molar-refractivity contribution in [2.45, 2.75) is 59.4 Å². The van der Waals surface area contributed by atoms with Gasteiger partial charge in [-0.15, -0.1) is 0 Å². The normalized spacial score (nSPS) is 18.2. The highest BCUT2D eigenvalue weighted by molar-refractivity contribution is 6.32. The van der Waals surface area contributed by atoms with Crippen molar-refractivity contribution in [1.29, 1.82) is 0 Å². The summed E-state index contributed by atoms with van der Waals surface area (Å²) >= 11 is 6.37. The topological polar surface area (TPSA) is 40.5 Å². The van der Waals surface area contributed by atoms with Gasteiger partial charge in [0.2, 0.25) is 0 Å². The predicted octanol–water partition coefficient (Wildman–Crippen LogP) is 5.91. The molecule has 0 aliphatic carbocycles. The van der Waals surface area contributed by atoms with Crippen LogP contribution in [0.2, 0.25) is 5.02 Å². The Kier molecular flexibility index (Phi) is 7.02. The Morgan fingerprint density at radius 2 is 1.86 bits per heavy atom. The molecule has 0 aromatic heterocycles. The molecule has 156 valence electrons. The maximum atomic E-state index is 11.2. The molecule has 1 saturated heterocycles. The van der Waals surface area contributed by atoms with Crippen LogP contribution in [0.5, 0.6) is 0 Å². The molecule has 0 spiro atoms. The number of carboxylic acid groups (broad SMARTS) is 1. The second-order valence-electron chi connectivity index (χ2n) is 8.60. The molecule has 0 bridgehead atoms. The summed E-state index contributed by atoms with van der Waals surface area (Å²) in [6, 6.07) is 11.2. The van der Waals surface area contributed by atoms with Crippen LogP contribution in [0, 0.1) is 26.7 Å². The molecule has 2 aromatic carbocycles. The van der Waals surface area contributed by atoms with Crippen molar-refractivity contribution < 1.29 is 9.90 Å². The summed E-state index contributed by atoms with van der Waals surface area (Å²) in [7, 11) is 0. The van der Waals surface area contributed by atoms with Gasteiger partial charge in [-0.2, -0.15) is 0 Å². The molecule has 1 aliphatic rings. The first-order chi connectivity index (χ1) is 13.8. The maximum Gasteiger partial charge on any atom is 0.307 e. The van der Waals surface area contributed by atoms with E-state index in [2.05, 4.69) is 62.9 Å². The van der Waals surface area contributed by atoms with Gasteiger partial charge in [-0.25, -0.2) is 0 Å². The number of benzene rings is 2. The van der Waals surface area contributed by atoms with Crippen LogP contribution >= 0.6 is 11.6 Å². The highest BCUT2D eigenvalue weighted by Gasteiger charge is 2.28.